The summed E-state index contributed by atoms with van der Waals surface area (Å²) in [5.74, 6) is 1.76. The molecular weight excluding hydrogens is 390 g/mol. The van der Waals surface area contributed by atoms with Gasteiger partial charge in [-0.1, -0.05) is 17.7 Å². The summed E-state index contributed by atoms with van der Waals surface area (Å²) in [5.41, 5.74) is 0.892. The van der Waals surface area contributed by atoms with Crippen molar-refractivity contribution in [3.8, 4) is 5.75 Å². The highest BCUT2D eigenvalue weighted by atomic mass is 35.5. The molecule has 0 aromatic heterocycles. The Bertz CT molecular complexity index is 768. The first-order chi connectivity index (χ1) is 14.0. The van der Waals surface area contributed by atoms with Gasteiger partial charge < -0.3 is 14.5 Å². The first-order valence-electron chi connectivity index (χ1n) is 10.7. The Balaban J connectivity index is 1.31. The molecule has 1 atom stereocenters. The average molecular weight is 420 g/mol. The topological polar surface area (TPSA) is 53.1 Å². The van der Waals surface area contributed by atoms with E-state index >= 15 is 0 Å². The summed E-state index contributed by atoms with van der Waals surface area (Å²) in [6.07, 6.45) is 4.70. The van der Waals surface area contributed by atoms with Gasteiger partial charge in [0.15, 0.2) is 0 Å². The third kappa shape index (κ3) is 4.86. The standard InChI is InChI=1S/C22H30ClN3O3/c1-29-20-6-5-17(13-18(20)23)14-21(27)25-9-2-8-24(11-12-25)19-7-10-26(22(19)28)15-16-3-4-16/h5-6,13,16,19H,2-4,7-12,14-15H2,1H3. The van der Waals surface area contributed by atoms with Gasteiger partial charge in [-0.15, -0.1) is 0 Å². The largest absolute Gasteiger partial charge is 0.495 e. The van der Waals surface area contributed by atoms with Crippen molar-refractivity contribution in [2.45, 2.75) is 38.1 Å². The number of methoxy groups -OCH3 is 1. The van der Waals surface area contributed by atoms with E-state index in [1.807, 2.05) is 11.0 Å². The van der Waals surface area contributed by atoms with Crippen LogP contribution in [0.15, 0.2) is 18.2 Å². The summed E-state index contributed by atoms with van der Waals surface area (Å²) in [7, 11) is 1.58. The third-order valence-electron chi connectivity index (χ3n) is 6.34. The predicted molar refractivity (Wildman–Crippen MR) is 112 cm³/mol. The fourth-order valence-corrected chi connectivity index (χ4v) is 4.74. The highest BCUT2D eigenvalue weighted by molar-refractivity contribution is 6.32. The first-order valence-corrected chi connectivity index (χ1v) is 11.1. The number of halogens is 1. The van der Waals surface area contributed by atoms with Crippen LogP contribution in [0.1, 0.15) is 31.2 Å². The molecule has 2 saturated heterocycles. The van der Waals surface area contributed by atoms with Crippen LogP contribution < -0.4 is 4.74 Å². The SMILES string of the molecule is COc1ccc(CC(=O)N2CCCN(C3CCN(CC4CC4)C3=O)CC2)cc1Cl. The lowest BCUT2D eigenvalue weighted by Crippen LogP contribution is -2.44. The lowest BCUT2D eigenvalue weighted by atomic mass is 10.1. The van der Waals surface area contributed by atoms with Gasteiger partial charge in [0.1, 0.15) is 5.75 Å². The summed E-state index contributed by atoms with van der Waals surface area (Å²) in [4.78, 5) is 31.9. The van der Waals surface area contributed by atoms with Gasteiger partial charge in [-0.25, -0.2) is 0 Å². The zero-order chi connectivity index (χ0) is 20.4. The monoisotopic (exact) mass is 419 g/mol. The van der Waals surface area contributed by atoms with E-state index in [1.54, 1.807) is 19.2 Å². The Hall–Kier alpha value is -1.79. The minimum atomic E-state index is 0.00389. The van der Waals surface area contributed by atoms with Gasteiger partial charge in [0, 0.05) is 39.3 Å². The molecule has 29 heavy (non-hydrogen) atoms. The Morgan fingerprint density at radius 3 is 2.69 bits per heavy atom. The van der Waals surface area contributed by atoms with Crippen LogP contribution in [-0.4, -0.2) is 78.9 Å². The molecule has 0 bridgehead atoms. The zero-order valence-electron chi connectivity index (χ0n) is 17.1. The molecule has 1 saturated carbocycles. The fraction of sp³-hybridized carbons (Fsp3) is 0.636. The van der Waals surface area contributed by atoms with Crippen LogP contribution in [-0.2, 0) is 16.0 Å². The number of likely N-dealkylation sites (tertiary alicyclic amines) is 1. The molecule has 2 amide bonds. The van der Waals surface area contributed by atoms with Crippen molar-refractivity contribution in [2.75, 3.05) is 46.4 Å². The Labute approximate surface area is 177 Å². The molecule has 1 aliphatic carbocycles. The summed E-state index contributed by atoms with van der Waals surface area (Å²) in [6.45, 7) is 4.89. The number of benzene rings is 1. The third-order valence-corrected chi connectivity index (χ3v) is 6.64. The molecule has 1 aromatic rings. The fourth-order valence-electron chi connectivity index (χ4n) is 4.46. The van der Waals surface area contributed by atoms with Crippen LogP contribution >= 0.6 is 11.6 Å². The van der Waals surface area contributed by atoms with Gasteiger partial charge in [-0.2, -0.15) is 0 Å². The van der Waals surface area contributed by atoms with E-state index in [0.717, 1.165) is 57.0 Å². The maximum atomic E-state index is 12.8. The van der Waals surface area contributed by atoms with Gasteiger partial charge in [0.2, 0.25) is 11.8 Å². The first kappa shape index (κ1) is 20.5. The van der Waals surface area contributed by atoms with Crippen molar-refractivity contribution in [1.29, 1.82) is 0 Å². The molecule has 2 aliphatic heterocycles. The second kappa shape index (κ2) is 8.92. The van der Waals surface area contributed by atoms with Crippen LogP contribution in [0.4, 0.5) is 0 Å². The molecule has 0 spiro atoms. The van der Waals surface area contributed by atoms with E-state index in [9.17, 15) is 9.59 Å². The summed E-state index contributed by atoms with van der Waals surface area (Å²) in [6, 6.07) is 5.49. The minimum Gasteiger partial charge on any atom is -0.495 e. The average Bonchev–Trinajstić information content (AvgIpc) is 3.49. The van der Waals surface area contributed by atoms with Gasteiger partial charge in [0.05, 0.1) is 24.6 Å². The lowest BCUT2D eigenvalue weighted by molar-refractivity contribution is -0.132. The van der Waals surface area contributed by atoms with Crippen molar-refractivity contribution in [1.82, 2.24) is 14.7 Å². The quantitative estimate of drug-likeness (QED) is 0.710. The highest BCUT2D eigenvalue weighted by Crippen LogP contribution is 2.32. The zero-order valence-corrected chi connectivity index (χ0v) is 17.9. The molecule has 1 aromatic carbocycles. The Kier molecular flexibility index (Phi) is 6.30. The molecule has 2 heterocycles. The number of nitrogens with zero attached hydrogens (tertiary/aromatic N) is 3. The number of rotatable bonds is 6. The van der Waals surface area contributed by atoms with Crippen molar-refractivity contribution in [2.24, 2.45) is 5.92 Å². The van der Waals surface area contributed by atoms with Gasteiger partial charge in [-0.05, 0) is 49.3 Å². The van der Waals surface area contributed by atoms with E-state index in [4.69, 9.17) is 16.3 Å². The molecule has 0 N–H and O–H groups in total. The van der Waals surface area contributed by atoms with E-state index in [1.165, 1.54) is 12.8 Å². The van der Waals surface area contributed by atoms with E-state index < -0.39 is 0 Å². The van der Waals surface area contributed by atoms with Gasteiger partial charge in [0.25, 0.3) is 0 Å². The number of hydrogen-bond acceptors (Lipinski definition) is 4. The number of carbonyl (C=O) groups is 2. The summed E-state index contributed by atoms with van der Waals surface area (Å²) in [5, 5.41) is 0.523. The molecular formula is C22H30ClN3O3. The number of hydrogen-bond donors (Lipinski definition) is 0. The van der Waals surface area contributed by atoms with Gasteiger partial charge >= 0.3 is 0 Å². The number of carbonyl (C=O) groups excluding carboxylic acids is 2. The minimum absolute atomic E-state index is 0.00389. The lowest BCUT2D eigenvalue weighted by Gasteiger charge is -2.26. The normalized spacial score (nSPS) is 23.4. The summed E-state index contributed by atoms with van der Waals surface area (Å²) < 4.78 is 5.18. The molecule has 3 fully saturated rings. The van der Waals surface area contributed by atoms with Crippen molar-refractivity contribution < 1.29 is 14.3 Å². The van der Waals surface area contributed by atoms with Crippen LogP contribution in [0.25, 0.3) is 0 Å². The van der Waals surface area contributed by atoms with Crippen LogP contribution in [0.3, 0.4) is 0 Å². The number of ether oxygens (including phenoxy) is 1. The molecule has 6 nitrogen and oxygen atoms in total. The van der Waals surface area contributed by atoms with Crippen LogP contribution in [0, 0.1) is 5.92 Å². The Morgan fingerprint density at radius 2 is 1.97 bits per heavy atom. The molecule has 1 unspecified atom stereocenters. The second-order valence-corrected chi connectivity index (χ2v) is 8.86. The summed E-state index contributed by atoms with van der Waals surface area (Å²) >= 11 is 6.18. The molecule has 158 valence electrons. The van der Waals surface area contributed by atoms with E-state index in [-0.39, 0.29) is 11.9 Å². The molecule has 3 aliphatic rings. The van der Waals surface area contributed by atoms with Gasteiger partial charge in [-0.3, -0.25) is 14.5 Å². The van der Waals surface area contributed by atoms with Crippen molar-refractivity contribution in [3.05, 3.63) is 28.8 Å². The number of amides is 2. The van der Waals surface area contributed by atoms with Crippen LogP contribution in [0.2, 0.25) is 5.02 Å². The smallest absolute Gasteiger partial charge is 0.240 e. The van der Waals surface area contributed by atoms with E-state index in [2.05, 4.69) is 9.80 Å². The van der Waals surface area contributed by atoms with Crippen molar-refractivity contribution in [3.63, 3.8) is 0 Å². The maximum Gasteiger partial charge on any atom is 0.240 e. The maximum absolute atomic E-state index is 12.8. The van der Waals surface area contributed by atoms with Crippen LogP contribution in [0.5, 0.6) is 5.75 Å². The predicted octanol–water partition coefficient (Wildman–Crippen LogP) is 2.44. The Morgan fingerprint density at radius 1 is 1.14 bits per heavy atom. The van der Waals surface area contributed by atoms with Crippen molar-refractivity contribution >= 4 is 23.4 Å². The second-order valence-electron chi connectivity index (χ2n) is 8.45. The highest BCUT2D eigenvalue weighted by Gasteiger charge is 2.38. The van der Waals surface area contributed by atoms with E-state index in [0.29, 0.717) is 29.6 Å². The molecule has 0 radical (unpaired) electrons. The molecule has 4 rings (SSSR count). The molecule has 7 heteroatoms.